The van der Waals surface area contributed by atoms with Gasteiger partial charge in [0.2, 0.25) is 5.91 Å². The molecule has 0 radical (unpaired) electrons. The molecule has 8 heteroatoms. The maximum atomic E-state index is 12.6. The predicted octanol–water partition coefficient (Wildman–Crippen LogP) is 4.78. The van der Waals surface area contributed by atoms with Crippen LogP contribution in [0.3, 0.4) is 0 Å². The summed E-state index contributed by atoms with van der Waals surface area (Å²) in [5.41, 5.74) is 3.42. The number of para-hydroxylation sites is 2. The van der Waals surface area contributed by atoms with Gasteiger partial charge in [0, 0.05) is 17.4 Å². The SMILES string of the molecule is COc1ccc(-n2c(SCC(=O)Nc3ccc(OC)c(OC)c3)nc3ccccc32)cc1. The van der Waals surface area contributed by atoms with Crippen LogP contribution in [0.1, 0.15) is 0 Å². The normalized spacial score (nSPS) is 10.7. The minimum Gasteiger partial charge on any atom is -0.497 e. The third-order valence-electron chi connectivity index (χ3n) is 4.86. The lowest BCUT2D eigenvalue weighted by Crippen LogP contribution is -2.14. The number of imidazole rings is 1. The highest BCUT2D eigenvalue weighted by atomic mass is 32.2. The number of methoxy groups -OCH3 is 3. The molecule has 164 valence electrons. The molecule has 0 aliphatic carbocycles. The van der Waals surface area contributed by atoms with Crippen molar-refractivity contribution in [1.82, 2.24) is 9.55 Å². The van der Waals surface area contributed by atoms with Crippen LogP contribution >= 0.6 is 11.8 Å². The molecule has 1 heterocycles. The second-order valence-electron chi connectivity index (χ2n) is 6.82. The van der Waals surface area contributed by atoms with Crippen molar-refractivity contribution in [2.45, 2.75) is 5.16 Å². The minimum absolute atomic E-state index is 0.143. The molecule has 0 saturated carbocycles. The lowest BCUT2D eigenvalue weighted by atomic mass is 10.2. The van der Waals surface area contributed by atoms with Gasteiger partial charge in [-0.05, 0) is 48.5 Å². The van der Waals surface area contributed by atoms with Gasteiger partial charge in [0.05, 0.1) is 38.1 Å². The average Bonchev–Trinajstić information content (AvgIpc) is 3.21. The number of benzene rings is 3. The van der Waals surface area contributed by atoms with E-state index in [0.717, 1.165) is 27.6 Å². The summed E-state index contributed by atoms with van der Waals surface area (Å²) in [6, 6.07) is 20.9. The van der Waals surface area contributed by atoms with Gasteiger partial charge in [0.15, 0.2) is 16.7 Å². The monoisotopic (exact) mass is 449 g/mol. The van der Waals surface area contributed by atoms with Gasteiger partial charge in [-0.25, -0.2) is 4.98 Å². The molecule has 1 N–H and O–H groups in total. The Morgan fingerprint density at radius 3 is 2.41 bits per heavy atom. The van der Waals surface area contributed by atoms with Crippen LogP contribution in [0.4, 0.5) is 5.69 Å². The maximum Gasteiger partial charge on any atom is 0.234 e. The first kappa shape index (κ1) is 21.6. The molecule has 0 spiro atoms. The second-order valence-corrected chi connectivity index (χ2v) is 7.77. The number of carbonyl (C=O) groups excluding carboxylic acids is 1. The second kappa shape index (κ2) is 9.65. The lowest BCUT2D eigenvalue weighted by molar-refractivity contribution is -0.113. The summed E-state index contributed by atoms with van der Waals surface area (Å²) in [5, 5.41) is 3.63. The Morgan fingerprint density at radius 2 is 1.69 bits per heavy atom. The third-order valence-corrected chi connectivity index (χ3v) is 5.80. The molecule has 0 atom stereocenters. The van der Waals surface area contributed by atoms with Crippen molar-refractivity contribution in [2.24, 2.45) is 0 Å². The number of carbonyl (C=O) groups is 1. The molecule has 32 heavy (non-hydrogen) atoms. The van der Waals surface area contributed by atoms with Crippen LogP contribution in [0.5, 0.6) is 17.2 Å². The van der Waals surface area contributed by atoms with Gasteiger partial charge in [0.1, 0.15) is 5.75 Å². The smallest absolute Gasteiger partial charge is 0.234 e. The highest BCUT2D eigenvalue weighted by Gasteiger charge is 2.15. The quantitative estimate of drug-likeness (QED) is 0.390. The number of thioether (sulfide) groups is 1. The standard InChI is InChI=1S/C24H23N3O4S/c1-29-18-11-9-17(10-12-18)27-20-7-5-4-6-19(20)26-24(27)32-15-23(28)25-16-8-13-21(30-2)22(14-16)31-3/h4-14H,15H2,1-3H3,(H,25,28). The predicted molar refractivity (Wildman–Crippen MR) is 127 cm³/mol. The topological polar surface area (TPSA) is 74.6 Å². The molecule has 4 rings (SSSR count). The summed E-state index contributed by atoms with van der Waals surface area (Å²) in [6.07, 6.45) is 0. The average molecular weight is 450 g/mol. The summed E-state index contributed by atoms with van der Waals surface area (Å²) in [7, 11) is 4.77. The molecule has 0 aliphatic rings. The molecule has 7 nitrogen and oxygen atoms in total. The van der Waals surface area contributed by atoms with Crippen molar-refractivity contribution in [3.8, 4) is 22.9 Å². The molecule has 0 bridgehead atoms. The van der Waals surface area contributed by atoms with Crippen molar-refractivity contribution in [3.05, 3.63) is 66.7 Å². The van der Waals surface area contributed by atoms with Crippen molar-refractivity contribution in [3.63, 3.8) is 0 Å². The Labute approximate surface area is 190 Å². The molecule has 1 amide bonds. The van der Waals surface area contributed by atoms with Gasteiger partial charge in [-0.2, -0.15) is 0 Å². The molecule has 0 aliphatic heterocycles. The van der Waals surface area contributed by atoms with E-state index in [1.165, 1.54) is 11.8 Å². The van der Waals surface area contributed by atoms with E-state index in [1.54, 1.807) is 39.5 Å². The van der Waals surface area contributed by atoms with E-state index in [9.17, 15) is 4.79 Å². The molecule has 3 aromatic carbocycles. The van der Waals surface area contributed by atoms with Crippen LogP contribution in [0.25, 0.3) is 16.7 Å². The van der Waals surface area contributed by atoms with Crippen molar-refractivity contribution < 1.29 is 19.0 Å². The van der Waals surface area contributed by atoms with Gasteiger partial charge in [0.25, 0.3) is 0 Å². The number of amides is 1. The van der Waals surface area contributed by atoms with Gasteiger partial charge in [-0.3, -0.25) is 9.36 Å². The van der Waals surface area contributed by atoms with Crippen molar-refractivity contribution in [1.29, 1.82) is 0 Å². The fourth-order valence-electron chi connectivity index (χ4n) is 3.32. The molecular weight excluding hydrogens is 426 g/mol. The zero-order valence-corrected chi connectivity index (χ0v) is 18.8. The fraction of sp³-hybridized carbons (Fsp3) is 0.167. The zero-order valence-electron chi connectivity index (χ0n) is 18.0. The first-order valence-electron chi connectivity index (χ1n) is 9.89. The Hall–Kier alpha value is -3.65. The van der Waals surface area contributed by atoms with E-state index in [2.05, 4.69) is 5.32 Å². The van der Waals surface area contributed by atoms with E-state index >= 15 is 0 Å². The molecular formula is C24H23N3O4S. The summed E-state index contributed by atoms with van der Waals surface area (Å²) in [6.45, 7) is 0. The molecule has 4 aromatic rings. The summed E-state index contributed by atoms with van der Waals surface area (Å²) in [5.74, 6) is 2.00. The molecule has 0 fully saturated rings. The van der Waals surface area contributed by atoms with Crippen LogP contribution in [0.2, 0.25) is 0 Å². The number of fused-ring (bicyclic) bond motifs is 1. The van der Waals surface area contributed by atoms with Gasteiger partial charge in [-0.15, -0.1) is 0 Å². The van der Waals surface area contributed by atoms with Crippen molar-refractivity contribution in [2.75, 3.05) is 32.4 Å². The van der Waals surface area contributed by atoms with Crippen LogP contribution in [0, 0.1) is 0 Å². The number of ether oxygens (including phenoxy) is 3. The molecule has 0 unspecified atom stereocenters. The minimum atomic E-state index is -0.143. The molecule has 0 saturated heterocycles. The number of hydrogen-bond acceptors (Lipinski definition) is 6. The highest BCUT2D eigenvalue weighted by molar-refractivity contribution is 7.99. The Bertz CT molecular complexity index is 1240. The van der Waals surface area contributed by atoms with Gasteiger partial charge < -0.3 is 19.5 Å². The first-order valence-corrected chi connectivity index (χ1v) is 10.9. The van der Waals surface area contributed by atoms with Crippen LogP contribution < -0.4 is 19.5 Å². The number of rotatable bonds is 8. The fourth-order valence-corrected chi connectivity index (χ4v) is 4.15. The Kier molecular flexibility index (Phi) is 6.51. The van der Waals surface area contributed by atoms with Crippen LogP contribution in [0.15, 0.2) is 71.9 Å². The van der Waals surface area contributed by atoms with E-state index in [0.29, 0.717) is 17.2 Å². The number of nitrogens with zero attached hydrogens (tertiary/aromatic N) is 2. The van der Waals surface area contributed by atoms with E-state index in [4.69, 9.17) is 19.2 Å². The summed E-state index contributed by atoms with van der Waals surface area (Å²) in [4.78, 5) is 17.4. The van der Waals surface area contributed by atoms with Crippen LogP contribution in [-0.4, -0.2) is 42.5 Å². The zero-order chi connectivity index (χ0) is 22.5. The van der Waals surface area contributed by atoms with Gasteiger partial charge in [-0.1, -0.05) is 23.9 Å². The highest BCUT2D eigenvalue weighted by Crippen LogP contribution is 2.31. The van der Waals surface area contributed by atoms with E-state index in [1.807, 2.05) is 53.1 Å². The lowest BCUT2D eigenvalue weighted by Gasteiger charge is -2.11. The molecule has 1 aromatic heterocycles. The number of anilines is 1. The summed E-state index contributed by atoms with van der Waals surface area (Å²) >= 11 is 1.38. The van der Waals surface area contributed by atoms with Gasteiger partial charge >= 0.3 is 0 Å². The number of hydrogen-bond donors (Lipinski definition) is 1. The van der Waals surface area contributed by atoms with Crippen LogP contribution in [-0.2, 0) is 4.79 Å². The van der Waals surface area contributed by atoms with E-state index < -0.39 is 0 Å². The van der Waals surface area contributed by atoms with Crippen molar-refractivity contribution >= 4 is 34.4 Å². The third kappa shape index (κ3) is 4.50. The summed E-state index contributed by atoms with van der Waals surface area (Å²) < 4.78 is 17.9. The largest absolute Gasteiger partial charge is 0.497 e. The maximum absolute atomic E-state index is 12.6. The number of nitrogens with one attached hydrogen (secondary N) is 1. The first-order chi connectivity index (χ1) is 15.6. The Morgan fingerprint density at radius 1 is 0.938 bits per heavy atom. The van der Waals surface area contributed by atoms with E-state index in [-0.39, 0.29) is 11.7 Å². The Balaban J connectivity index is 1.54. The number of aromatic nitrogens is 2.